The maximum absolute atomic E-state index is 12.0. The summed E-state index contributed by atoms with van der Waals surface area (Å²) in [6, 6.07) is -0.183. The molecule has 132 valence electrons. The van der Waals surface area contributed by atoms with Crippen molar-refractivity contribution in [1.82, 2.24) is 24.6 Å². The van der Waals surface area contributed by atoms with Crippen molar-refractivity contribution >= 4 is 9.84 Å². The van der Waals surface area contributed by atoms with Crippen LogP contribution in [0.1, 0.15) is 30.9 Å². The molecule has 0 spiro atoms. The van der Waals surface area contributed by atoms with Crippen molar-refractivity contribution < 1.29 is 13.2 Å². The predicted octanol–water partition coefficient (Wildman–Crippen LogP) is 0.993. The van der Waals surface area contributed by atoms with E-state index in [0.29, 0.717) is 32.0 Å². The van der Waals surface area contributed by atoms with Gasteiger partial charge < -0.3 is 9.30 Å². The predicted molar refractivity (Wildman–Crippen MR) is 88.2 cm³/mol. The fourth-order valence-electron chi connectivity index (χ4n) is 3.03. The van der Waals surface area contributed by atoms with E-state index in [-0.39, 0.29) is 10.9 Å². The van der Waals surface area contributed by atoms with E-state index in [9.17, 15) is 8.42 Å². The first-order valence-corrected chi connectivity index (χ1v) is 9.95. The standard InChI is InChI=1S/C15H23N5O3S/c1-3-5-19-6-4-16-14(19)10-20-7-8-23-11-12(20)15-13(9-17-18-15)24(2,21)22/h4,6,9,12H,3,5,7-8,10-11H2,1-2H3,(H,17,18)/t12-/m1/s1. The molecule has 9 heteroatoms. The zero-order valence-corrected chi connectivity index (χ0v) is 14.8. The summed E-state index contributed by atoms with van der Waals surface area (Å²) in [4.78, 5) is 6.88. The van der Waals surface area contributed by atoms with Gasteiger partial charge in [-0.3, -0.25) is 10.00 Å². The number of sulfone groups is 1. The Labute approximate surface area is 141 Å². The molecular formula is C15H23N5O3S. The number of aryl methyl sites for hydroxylation is 1. The van der Waals surface area contributed by atoms with Gasteiger partial charge in [0.25, 0.3) is 0 Å². The zero-order chi connectivity index (χ0) is 17.2. The summed E-state index contributed by atoms with van der Waals surface area (Å²) in [5.41, 5.74) is 0.589. The molecule has 0 radical (unpaired) electrons. The van der Waals surface area contributed by atoms with Gasteiger partial charge in [0.2, 0.25) is 0 Å². The van der Waals surface area contributed by atoms with E-state index in [0.717, 1.165) is 18.8 Å². The van der Waals surface area contributed by atoms with E-state index in [1.807, 2.05) is 6.20 Å². The number of hydrogen-bond donors (Lipinski definition) is 1. The van der Waals surface area contributed by atoms with Gasteiger partial charge in [-0.05, 0) is 6.42 Å². The van der Waals surface area contributed by atoms with Crippen molar-refractivity contribution in [2.45, 2.75) is 37.4 Å². The number of rotatable bonds is 6. The van der Waals surface area contributed by atoms with Crippen molar-refractivity contribution in [2.24, 2.45) is 0 Å². The lowest BCUT2D eigenvalue weighted by Crippen LogP contribution is -2.40. The molecule has 0 aliphatic carbocycles. The normalized spacial score (nSPS) is 19.7. The summed E-state index contributed by atoms with van der Waals surface area (Å²) in [5, 5.41) is 6.79. The number of morpholine rings is 1. The van der Waals surface area contributed by atoms with Crippen LogP contribution in [0.3, 0.4) is 0 Å². The Morgan fingerprint density at radius 1 is 1.46 bits per heavy atom. The molecule has 1 fully saturated rings. The van der Waals surface area contributed by atoms with Crippen LogP contribution in [0.5, 0.6) is 0 Å². The number of aromatic nitrogens is 4. The summed E-state index contributed by atoms with van der Waals surface area (Å²) in [6.07, 6.45) is 7.39. The molecule has 3 rings (SSSR count). The lowest BCUT2D eigenvalue weighted by atomic mass is 10.1. The molecule has 1 saturated heterocycles. The van der Waals surface area contributed by atoms with Crippen LogP contribution in [0.2, 0.25) is 0 Å². The van der Waals surface area contributed by atoms with Crippen LogP contribution in [0.4, 0.5) is 0 Å². The highest BCUT2D eigenvalue weighted by molar-refractivity contribution is 7.90. The average Bonchev–Trinajstić information content (AvgIpc) is 3.18. The molecule has 0 saturated carbocycles. The minimum absolute atomic E-state index is 0.183. The number of ether oxygens (including phenoxy) is 1. The van der Waals surface area contributed by atoms with Crippen LogP contribution < -0.4 is 0 Å². The molecule has 0 aromatic carbocycles. The fourth-order valence-corrected chi connectivity index (χ4v) is 3.86. The van der Waals surface area contributed by atoms with Gasteiger partial charge >= 0.3 is 0 Å². The fraction of sp³-hybridized carbons (Fsp3) is 0.600. The molecule has 0 amide bonds. The molecule has 0 unspecified atom stereocenters. The van der Waals surface area contributed by atoms with Gasteiger partial charge in [0.1, 0.15) is 10.7 Å². The van der Waals surface area contributed by atoms with Gasteiger partial charge in [-0.25, -0.2) is 13.4 Å². The zero-order valence-electron chi connectivity index (χ0n) is 14.0. The molecule has 1 atom stereocenters. The largest absolute Gasteiger partial charge is 0.378 e. The summed E-state index contributed by atoms with van der Waals surface area (Å²) >= 11 is 0. The topological polar surface area (TPSA) is 93.1 Å². The van der Waals surface area contributed by atoms with Crippen molar-refractivity contribution in [3.05, 3.63) is 30.1 Å². The lowest BCUT2D eigenvalue weighted by molar-refractivity contribution is -0.0168. The van der Waals surface area contributed by atoms with E-state index in [2.05, 4.69) is 31.6 Å². The molecular weight excluding hydrogens is 330 g/mol. The lowest BCUT2D eigenvalue weighted by Gasteiger charge is -2.35. The number of H-pyrrole nitrogens is 1. The third-order valence-corrected chi connectivity index (χ3v) is 5.34. The van der Waals surface area contributed by atoms with Crippen LogP contribution in [-0.4, -0.2) is 59.1 Å². The van der Waals surface area contributed by atoms with Crippen molar-refractivity contribution in [2.75, 3.05) is 26.0 Å². The maximum atomic E-state index is 12.0. The summed E-state index contributed by atoms with van der Waals surface area (Å²) in [5.74, 6) is 0.976. The quantitative estimate of drug-likeness (QED) is 0.832. The van der Waals surface area contributed by atoms with Gasteiger partial charge in [-0.15, -0.1) is 0 Å². The second-order valence-electron chi connectivity index (χ2n) is 6.02. The summed E-state index contributed by atoms with van der Waals surface area (Å²) in [6.45, 7) is 5.45. The molecule has 24 heavy (non-hydrogen) atoms. The molecule has 2 aromatic heterocycles. The maximum Gasteiger partial charge on any atom is 0.178 e. The highest BCUT2D eigenvalue weighted by Crippen LogP contribution is 2.28. The third-order valence-electron chi connectivity index (χ3n) is 4.22. The number of nitrogens with zero attached hydrogens (tertiary/aromatic N) is 4. The van der Waals surface area contributed by atoms with Gasteiger partial charge in [0, 0.05) is 31.7 Å². The molecule has 2 aromatic rings. The van der Waals surface area contributed by atoms with Crippen molar-refractivity contribution in [1.29, 1.82) is 0 Å². The Kier molecular flexibility index (Phi) is 5.02. The first kappa shape index (κ1) is 17.1. The second-order valence-corrected chi connectivity index (χ2v) is 8.00. The highest BCUT2D eigenvalue weighted by atomic mass is 32.2. The van der Waals surface area contributed by atoms with Gasteiger partial charge in [0.05, 0.1) is 37.7 Å². The second kappa shape index (κ2) is 7.04. The van der Waals surface area contributed by atoms with Crippen LogP contribution in [0.25, 0.3) is 0 Å². The highest BCUT2D eigenvalue weighted by Gasteiger charge is 2.31. The van der Waals surface area contributed by atoms with E-state index >= 15 is 0 Å². The van der Waals surface area contributed by atoms with E-state index < -0.39 is 9.84 Å². The Bertz CT molecular complexity index is 783. The third kappa shape index (κ3) is 3.52. The molecule has 3 heterocycles. The van der Waals surface area contributed by atoms with E-state index in [4.69, 9.17) is 4.74 Å². The number of aromatic amines is 1. The van der Waals surface area contributed by atoms with Gasteiger partial charge in [0.15, 0.2) is 9.84 Å². The van der Waals surface area contributed by atoms with Crippen molar-refractivity contribution in [3.8, 4) is 0 Å². The first-order chi connectivity index (χ1) is 11.5. The molecule has 1 N–H and O–H groups in total. The minimum Gasteiger partial charge on any atom is -0.378 e. The van der Waals surface area contributed by atoms with Crippen molar-refractivity contribution in [3.63, 3.8) is 0 Å². The van der Waals surface area contributed by atoms with Crippen LogP contribution in [0.15, 0.2) is 23.5 Å². The summed E-state index contributed by atoms with van der Waals surface area (Å²) in [7, 11) is -3.34. The van der Waals surface area contributed by atoms with E-state index in [1.165, 1.54) is 12.5 Å². The molecule has 0 bridgehead atoms. The molecule has 8 nitrogen and oxygen atoms in total. The number of imidazole rings is 1. The Morgan fingerprint density at radius 2 is 2.29 bits per heavy atom. The summed E-state index contributed by atoms with van der Waals surface area (Å²) < 4.78 is 31.7. The average molecular weight is 353 g/mol. The van der Waals surface area contributed by atoms with Gasteiger partial charge in [-0.2, -0.15) is 5.10 Å². The van der Waals surface area contributed by atoms with Crippen LogP contribution in [-0.2, 0) is 27.7 Å². The number of nitrogens with one attached hydrogen (secondary N) is 1. The van der Waals surface area contributed by atoms with Crippen LogP contribution in [0, 0.1) is 0 Å². The molecule has 1 aliphatic rings. The molecule has 1 aliphatic heterocycles. The van der Waals surface area contributed by atoms with Gasteiger partial charge in [-0.1, -0.05) is 6.92 Å². The number of hydrogen-bond acceptors (Lipinski definition) is 6. The smallest absolute Gasteiger partial charge is 0.178 e. The monoisotopic (exact) mass is 353 g/mol. The first-order valence-electron chi connectivity index (χ1n) is 8.05. The SMILES string of the molecule is CCCn1ccnc1CN1CCOC[C@@H]1c1[nH]ncc1S(C)(=O)=O. The Morgan fingerprint density at radius 3 is 3.04 bits per heavy atom. The van der Waals surface area contributed by atoms with E-state index in [1.54, 1.807) is 6.20 Å². The Balaban J connectivity index is 1.87. The van der Waals surface area contributed by atoms with Crippen LogP contribution >= 0.6 is 0 Å². The minimum atomic E-state index is -3.34. The Hall–Kier alpha value is -1.71.